The molecule has 1 aromatic heterocycles. The molecule has 22 heavy (non-hydrogen) atoms. The van der Waals surface area contributed by atoms with Crippen LogP contribution >= 0.6 is 0 Å². The number of nitrogens with zero attached hydrogens (tertiary/aromatic N) is 3. The van der Waals surface area contributed by atoms with E-state index >= 15 is 0 Å². The molecule has 0 unspecified atom stereocenters. The third-order valence-electron chi connectivity index (χ3n) is 3.12. The van der Waals surface area contributed by atoms with Gasteiger partial charge in [0.1, 0.15) is 0 Å². The maximum absolute atomic E-state index is 12.2. The molecule has 1 amide bonds. The topological polar surface area (TPSA) is 108 Å². The van der Waals surface area contributed by atoms with Gasteiger partial charge < -0.3 is 4.90 Å². The molecule has 2 N–H and O–H groups in total. The fourth-order valence-electron chi connectivity index (χ4n) is 1.92. The molecule has 0 bridgehead atoms. The lowest BCUT2D eigenvalue weighted by Crippen LogP contribution is -2.30. The number of hydrogen-bond donors (Lipinski definition) is 2. The van der Waals surface area contributed by atoms with Gasteiger partial charge in [0.05, 0.1) is 11.1 Å². The van der Waals surface area contributed by atoms with Gasteiger partial charge >= 0.3 is 0 Å². The number of benzene rings is 1. The number of anilines is 1. The summed E-state index contributed by atoms with van der Waals surface area (Å²) < 4.78 is 26.6. The van der Waals surface area contributed by atoms with Gasteiger partial charge in [-0.1, -0.05) is 0 Å². The van der Waals surface area contributed by atoms with Crippen LogP contribution in [0.1, 0.15) is 24.2 Å². The SMILES string of the molecule is CCN(CC)C(=O)c1ccc(S(=O)(=O)Nc2cn[nH]n2)cc1. The lowest BCUT2D eigenvalue weighted by molar-refractivity contribution is 0.0773. The van der Waals surface area contributed by atoms with Crippen LogP contribution in [0.25, 0.3) is 0 Å². The third-order valence-corrected chi connectivity index (χ3v) is 4.49. The molecule has 0 fully saturated rings. The maximum atomic E-state index is 12.2. The van der Waals surface area contributed by atoms with Crippen LogP contribution in [-0.2, 0) is 10.0 Å². The summed E-state index contributed by atoms with van der Waals surface area (Å²) in [6.07, 6.45) is 1.26. The molecular weight excluding hydrogens is 306 g/mol. The summed E-state index contributed by atoms with van der Waals surface area (Å²) >= 11 is 0. The highest BCUT2D eigenvalue weighted by Gasteiger charge is 2.17. The Balaban J connectivity index is 2.19. The van der Waals surface area contributed by atoms with Crippen LogP contribution in [0.15, 0.2) is 35.4 Å². The predicted molar refractivity (Wildman–Crippen MR) is 80.9 cm³/mol. The fourth-order valence-corrected chi connectivity index (χ4v) is 2.90. The van der Waals surface area contributed by atoms with Gasteiger partial charge in [0, 0.05) is 18.7 Å². The van der Waals surface area contributed by atoms with Crippen LogP contribution in [0.3, 0.4) is 0 Å². The zero-order chi connectivity index (χ0) is 16.2. The lowest BCUT2D eigenvalue weighted by atomic mass is 10.2. The van der Waals surface area contributed by atoms with Crippen molar-refractivity contribution in [3.05, 3.63) is 36.0 Å². The van der Waals surface area contributed by atoms with Crippen molar-refractivity contribution < 1.29 is 13.2 Å². The summed E-state index contributed by atoms with van der Waals surface area (Å²) in [6, 6.07) is 5.77. The molecule has 2 aromatic rings. The van der Waals surface area contributed by atoms with Crippen molar-refractivity contribution in [1.82, 2.24) is 20.3 Å². The average Bonchev–Trinajstić information content (AvgIpc) is 3.00. The standard InChI is InChI=1S/C13H17N5O3S/c1-3-18(4-2)13(19)10-5-7-11(8-6-10)22(20,21)16-12-9-14-17-15-12/h5-9H,3-4H2,1-2H3,(H2,14,15,16,17). The third kappa shape index (κ3) is 3.42. The van der Waals surface area contributed by atoms with E-state index in [1.54, 1.807) is 4.90 Å². The molecule has 0 spiro atoms. The number of aromatic amines is 1. The average molecular weight is 323 g/mol. The minimum absolute atomic E-state index is 0.0478. The van der Waals surface area contributed by atoms with Gasteiger partial charge in [-0.25, -0.2) is 8.42 Å². The molecule has 0 saturated heterocycles. The maximum Gasteiger partial charge on any atom is 0.263 e. The van der Waals surface area contributed by atoms with Gasteiger partial charge in [-0.05, 0) is 38.1 Å². The van der Waals surface area contributed by atoms with E-state index in [0.717, 1.165) is 0 Å². The van der Waals surface area contributed by atoms with Crippen LogP contribution in [0, 0.1) is 0 Å². The summed E-state index contributed by atoms with van der Waals surface area (Å²) in [4.78, 5) is 13.9. The van der Waals surface area contributed by atoms with Crippen LogP contribution in [0.4, 0.5) is 5.82 Å². The molecule has 0 radical (unpaired) electrons. The fraction of sp³-hybridized carbons (Fsp3) is 0.308. The van der Waals surface area contributed by atoms with E-state index in [1.165, 1.54) is 30.5 Å². The zero-order valence-corrected chi connectivity index (χ0v) is 13.1. The van der Waals surface area contributed by atoms with Crippen molar-refractivity contribution >= 4 is 21.7 Å². The van der Waals surface area contributed by atoms with E-state index in [0.29, 0.717) is 18.7 Å². The van der Waals surface area contributed by atoms with E-state index in [4.69, 9.17) is 0 Å². The molecule has 2 rings (SSSR count). The number of carbonyl (C=O) groups excluding carboxylic acids is 1. The molecule has 9 heteroatoms. The Kier molecular flexibility index (Phi) is 4.76. The minimum atomic E-state index is -3.75. The van der Waals surface area contributed by atoms with Crippen molar-refractivity contribution in [2.75, 3.05) is 17.8 Å². The monoisotopic (exact) mass is 323 g/mol. The number of rotatable bonds is 6. The van der Waals surface area contributed by atoms with Gasteiger partial charge in [-0.15, -0.1) is 5.10 Å². The summed E-state index contributed by atoms with van der Waals surface area (Å²) in [7, 11) is -3.75. The molecule has 1 aromatic carbocycles. The Morgan fingerprint density at radius 2 is 1.86 bits per heavy atom. The number of sulfonamides is 1. The number of carbonyl (C=O) groups is 1. The Morgan fingerprint density at radius 3 is 2.36 bits per heavy atom. The normalized spacial score (nSPS) is 11.2. The van der Waals surface area contributed by atoms with Crippen molar-refractivity contribution in [3.63, 3.8) is 0 Å². The Hall–Kier alpha value is -2.42. The van der Waals surface area contributed by atoms with E-state index in [2.05, 4.69) is 20.1 Å². The second-order valence-electron chi connectivity index (χ2n) is 4.46. The summed E-state index contributed by atoms with van der Waals surface area (Å²) in [5.41, 5.74) is 0.448. The molecule has 0 atom stereocenters. The van der Waals surface area contributed by atoms with Gasteiger partial charge in [-0.3, -0.25) is 9.52 Å². The Morgan fingerprint density at radius 1 is 1.23 bits per heavy atom. The highest BCUT2D eigenvalue weighted by Crippen LogP contribution is 2.15. The van der Waals surface area contributed by atoms with Crippen molar-refractivity contribution in [2.45, 2.75) is 18.7 Å². The smallest absolute Gasteiger partial charge is 0.263 e. The molecule has 8 nitrogen and oxygen atoms in total. The van der Waals surface area contributed by atoms with Gasteiger partial charge in [0.25, 0.3) is 15.9 Å². The minimum Gasteiger partial charge on any atom is -0.339 e. The quantitative estimate of drug-likeness (QED) is 0.827. The molecule has 0 aliphatic rings. The van der Waals surface area contributed by atoms with Crippen molar-refractivity contribution in [2.24, 2.45) is 0 Å². The Labute approximate surface area is 128 Å². The summed E-state index contributed by atoms with van der Waals surface area (Å²) in [5, 5.41) is 9.47. The van der Waals surface area contributed by atoms with E-state index in [9.17, 15) is 13.2 Å². The first-order chi connectivity index (χ1) is 10.5. The van der Waals surface area contributed by atoms with Crippen LogP contribution in [0.2, 0.25) is 0 Å². The highest BCUT2D eigenvalue weighted by atomic mass is 32.2. The zero-order valence-electron chi connectivity index (χ0n) is 12.3. The number of H-pyrrole nitrogens is 1. The first-order valence-corrected chi connectivity index (χ1v) is 8.24. The molecule has 0 aliphatic carbocycles. The lowest BCUT2D eigenvalue weighted by Gasteiger charge is -2.18. The summed E-state index contributed by atoms with van der Waals surface area (Å²) in [5.74, 6) is -0.0262. The van der Waals surface area contributed by atoms with Crippen LogP contribution < -0.4 is 4.72 Å². The van der Waals surface area contributed by atoms with Crippen LogP contribution in [0.5, 0.6) is 0 Å². The number of amides is 1. The first-order valence-electron chi connectivity index (χ1n) is 6.76. The number of hydrogen-bond acceptors (Lipinski definition) is 5. The second-order valence-corrected chi connectivity index (χ2v) is 6.14. The second kappa shape index (κ2) is 6.56. The molecule has 1 heterocycles. The van der Waals surface area contributed by atoms with Gasteiger partial charge in [0.2, 0.25) is 0 Å². The molecular formula is C13H17N5O3S. The van der Waals surface area contributed by atoms with Crippen molar-refractivity contribution in [1.29, 1.82) is 0 Å². The molecule has 118 valence electrons. The van der Waals surface area contributed by atoms with Gasteiger partial charge in [-0.2, -0.15) is 10.3 Å². The summed E-state index contributed by atoms with van der Waals surface area (Å²) in [6.45, 7) is 4.98. The Bertz CT molecular complexity index is 722. The molecule has 0 saturated carbocycles. The van der Waals surface area contributed by atoms with Crippen molar-refractivity contribution in [3.8, 4) is 0 Å². The number of nitrogens with one attached hydrogen (secondary N) is 2. The highest BCUT2D eigenvalue weighted by molar-refractivity contribution is 7.92. The van der Waals surface area contributed by atoms with E-state index in [1.807, 2.05) is 13.8 Å². The largest absolute Gasteiger partial charge is 0.339 e. The van der Waals surface area contributed by atoms with Gasteiger partial charge in [0.15, 0.2) is 5.82 Å². The van der Waals surface area contributed by atoms with E-state index < -0.39 is 10.0 Å². The number of aromatic nitrogens is 3. The first kappa shape index (κ1) is 16.0. The van der Waals surface area contributed by atoms with E-state index in [-0.39, 0.29) is 16.6 Å². The molecule has 0 aliphatic heterocycles. The predicted octanol–water partition coefficient (Wildman–Crippen LogP) is 1.09. The van der Waals surface area contributed by atoms with Crippen LogP contribution in [-0.4, -0.2) is 47.7 Å².